The molecule has 0 radical (unpaired) electrons. The van der Waals surface area contributed by atoms with Gasteiger partial charge in [0, 0.05) is 31.9 Å². The van der Waals surface area contributed by atoms with Crippen LogP contribution in [0.1, 0.15) is 26.5 Å². The summed E-state index contributed by atoms with van der Waals surface area (Å²) in [6.07, 6.45) is 0.0646. The monoisotopic (exact) mass is 536 g/mol. The molecule has 5 rings (SSSR count). The SMILES string of the molecule is NN(C(=O)Cc1ccccc1)C(=O)c1cc2cc(Cl)ccc2[nH]1.NNC(=O)c1cc2cc(Cl)ccc2[nH]1. The number of halogens is 2. The Bertz CT molecular complexity index is 1600. The van der Waals surface area contributed by atoms with Gasteiger partial charge in [0.25, 0.3) is 11.8 Å². The van der Waals surface area contributed by atoms with E-state index in [0.29, 0.717) is 20.7 Å². The van der Waals surface area contributed by atoms with Gasteiger partial charge in [0.05, 0.1) is 6.42 Å². The van der Waals surface area contributed by atoms with Gasteiger partial charge in [0.15, 0.2) is 0 Å². The molecule has 0 saturated carbocycles. The number of nitrogens with zero attached hydrogens (tertiary/aromatic N) is 1. The number of amides is 3. The zero-order valence-electron chi connectivity index (χ0n) is 19.3. The van der Waals surface area contributed by atoms with Crippen LogP contribution in [0.2, 0.25) is 10.0 Å². The zero-order valence-corrected chi connectivity index (χ0v) is 20.8. The lowest BCUT2D eigenvalue weighted by Crippen LogP contribution is -2.43. The number of carbonyl (C=O) groups is 3. The molecule has 0 fully saturated rings. The Morgan fingerprint density at radius 2 is 1.32 bits per heavy atom. The standard InChI is InChI=1S/C17H14ClN3O2.C9H8ClN3O/c18-13-6-7-14-12(9-13)10-15(20-14)17(23)21(19)16(22)8-11-4-2-1-3-5-11;10-6-1-2-7-5(3-6)4-8(12-7)9(14)13-11/h1-7,9-10,20H,8,19H2;1-4,12H,11H2,(H,13,14). The van der Waals surface area contributed by atoms with Gasteiger partial charge < -0.3 is 9.97 Å². The van der Waals surface area contributed by atoms with Crippen molar-refractivity contribution in [3.63, 3.8) is 0 Å². The molecule has 188 valence electrons. The van der Waals surface area contributed by atoms with Crippen LogP contribution in [0.15, 0.2) is 78.9 Å². The molecule has 3 aromatic carbocycles. The van der Waals surface area contributed by atoms with Crippen molar-refractivity contribution in [3.05, 3.63) is 106 Å². The van der Waals surface area contributed by atoms with Gasteiger partial charge in [-0.25, -0.2) is 16.7 Å². The molecule has 0 aliphatic carbocycles. The number of fused-ring (bicyclic) bond motifs is 2. The molecule has 0 bridgehead atoms. The van der Waals surface area contributed by atoms with Crippen molar-refractivity contribution < 1.29 is 14.4 Å². The van der Waals surface area contributed by atoms with Crippen molar-refractivity contribution in [3.8, 4) is 0 Å². The average molecular weight is 537 g/mol. The number of rotatable bonds is 4. The molecule has 9 nitrogen and oxygen atoms in total. The maximum absolute atomic E-state index is 12.3. The molecule has 0 aliphatic rings. The summed E-state index contributed by atoms with van der Waals surface area (Å²) in [5.74, 6) is 9.28. The first kappa shape index (κ1) is 25.9. The highest BCUT2D eigenvalue weighted by atomic mass is 35.5. The van der Waals surface area contributed by atoms with Crippen LogP contribution in [-0.4, -0.2) is 32.7 Å². The zero-order chi connectivity index (χ0) is 26.5. The number of H-pyrrole nitrogens is 2. The lowest BCUT2D eigenvalue weighted by molar-refractivity contribution is -0.128. The highest BCUT2D eigenvalue weighted by molar-refractivity contribution is 6.31. The molecule has 3 amide bonds. The smallest absolute Gasteiger partial charge is 0.291 e. The van der Waals surface area contributed by atoms with Gasteiger partial charge in [-0.2, -0.15) is 0 Å². The van der Waals surface area contributed by atoms with E-state index < -0.39 is 11.8 Å². The fourth-order valence-electron chi connectivity index (χ4n) is 3.62. The van der Waals surface area contributed by atoms with Gasteiger partial charge in [-0.05, 0) is 54.1 Å². The van der Waals surface area contributed by atoms with Gasteiger partial charge in [-0.1, -0.05) is 53.5 Å². The van der Waals surface area contributed by atoms with E-state index in [4.69, 9.17) is 34.9 Å². The number of aromatic amines is 2. The summed E-state index contributed by atoms with van der Waals surface area (Å²) < 4.78 is 0. The highest BCUT2D eigenvalue weighted by Gasteiger charge is 2.21. The Morgan fingerprint density at radius 1 is 0.784 bits per heavy atom. The minimum Gasteiger partial charge on any atom is -0.350 e. The number of carbonyl (C=O) groups excluding carboxylic acids is 3. The number of nitrogens with two attached hydrogens (primary N) is 2. The number of imide groups is 1. The van der Waals surface area contributed by atoms with Gasteiger partial charge in [0.2, 0.25) is 5.91 Å². The van der Waals surface area contributed by atoms with E-state index in [2.05, 4.69) is 15.4 Å². The molecule has 0 atom stereocenters. The first-order chi connectivity index (χ1) is 17.7. The number of nitrogen functional groups attached to an aromatic ring is 1. The van der Waals surface area contributed by atoms with Gasteiger partial charge in [-0.3, -0.25) is 19.8 Å². The minimum atomic E-state index is -0.585. The second-order valence-corrected chi connectivity index (χ2v) is 8.91. The van der Waals surface area contributed by atoms with Crippen molar-refractivity contribution in [1.82, 2.24) is 20.4 Å². The lowest BCUT2D eigenvalue weighted by atomic mass is 10.1. The molecule has 2 aromatic heterocycles. The van der Waals surface area contributed by atoms with Crippen LogP contribution in [0, 0.1) is 0 Å². The number of nitrogens with one attached hydrogen (secondary N) is 3. The first-order valence-electron chi connectivity index (χ1n) is 11.0. The van der Waals surface area contributed by atoms with Crippen molar-refractivity contribution >= 4 is 62.7 Å². The Hall–Kier alpha value is -4.15. The average Bonchev–Trinajstić information content (AvgIpc) is 3.52. The molecular weight excluding hydrogens is 515 g/mol. The molecule has 7 N–H and O–H groups in total. The topological polar surface area (TPSA) is 150 Å². The second-order valence-electron chi connectivity index (χ2n) is 8.03. The van der Waals surface area contributed by atoms with E-state index in [-0.39, 0.29) is 18.0 Å². The van der Waals surface area contributed by atoms with Gasteiger partial charge >= 0.3 is 0 Å². The first-order valence-corrected chi connectivity index (χ1v) is 11.7. The summed E-state index contributed by atoms with van der Waals surface area (Å²) in [7, 11) is 0. The molecule has 5 aromatic rings. The molecule has 37 heavy (non-hydrogen) atoms. The van der Waals surface area contributed by atoms with Crippen LogP contribution < -0.4 is 17.1 Å². The van der Waals surface area contributed by atoms with Crippen molar-refractivity contribution in [2.24, 2.45) is 11.7 Å². The number of hydrogen-bond acceptors (Lipinski definition) is 5. The lowest BCUT2D eigenvalue weighted by Gasteiger charge is -2.13. The molecule has 0 aliphatic heterocycles. The molecular formula is C26H22Cl2N6O3. The fraction of sp³-hybridized carbons (Fsp3) is 0.0385. The quantitative estimate of drug-likeness (QED) is 0.131. The Labute approximate surface area is 221 Å². The van der Waals surface area contributed by atoms with Crippen molar-refractivity contribution in [2.45, 2.75) is 6.42 Å². The van der Waals surface area contributed by atoms with Crippen LogP contribution in [-0.2, 0) is 11.2 Å². The predicted molar refractivity (Wildman–Crippen MR) is 144 cm³/mol. The third kappa shape index (κ3) is 6.16. The van der Waals surface area contributed by atoms with Crippen LogP contribution in [0.5, 0.6) is 0 Å². The summed E-state index contributed by atoms with van der Waals surface area (Å²) in [5.41, 5.74) is 5.12. The van der Waals surface area contributed by atoms with E-state index in [9.17, 15) is 14.4 Å². The summed E-state index contributed by atoms with van der Waals surface area (Å²) in [5, 5.41) is 3.51. The van der Waals surface area contributed by atoms with Crippen LogP contribution in [0.3, 0.4) is 0 Å². The number of aromatic nitrogens is 2. The van der Waals surface area contributed by atoms with Gasteiger partial charge in [-0.15, -0.1) is 0 Å². The summed E-state index contributed by atoms with van der Waals surface area (Å²) in [4.78, 5) is 41.5. The Kier molecular flexibility index (Phi) is 7.90. The summed E-state index contributed by atoms with van der Waals surface area (Å²) >= 11 is 11.7. The number of benzene rings is 3. The minimum absolute atomic E-state index is 0.0646. The van der Waals surface area contributed by atoms with E-state index >= 15 is 0 Å². The van der Waals surface area contributed by atoms with Crippen LogP contribution in [0.25, 0.3) is 21.8 Å². The third-order valence-electron chi connectivity index (χ3n) is 5.46. The maximum Gasteiger partial charge on any atom is 0.291 e. The van der Waals surface area contributed by atoms with Crippen molar-refractivity contribution in [1.29, 1.82) is 0 Å². The fourth-order valence-corrected chi connectivity index (χ4v) is 3.98. The third-order valence-corrected chi connectivity index (χ3v) is 5.93. The van der Waals surface area contributed by atoms with E-state index in [1.54, 1.807) is 54.6 Å². The number of hydrogen-bond donors (Lipinski definition) is 5. The molecule has 11 heteroatoms. The summed E-state index contributed by atoms with van der Waals surface area (Å²) in [6, 6.07) is 23.0. The largest absolute Gasteiger partial charge is 0.350 e. The number of hydrazine groups is 2. The van der Waals surface area contributed by atoms with E-state index in [1.165, 1.54) is 0 Å². The Balaban J connectivity index is 0.000000195. The normalized spacial score (nSPS) is 10.6. The maximum atomic E-state index is 12.3. The molecule has 0 spiro atoms. The molecule has 0 unspecified atom stereocenters. The molecule has 0 saturated heterocycles. The van der Waals surface area contributed by atoms with E-state index in [1.807, 2.05) is 24.3 Å². The van der Waals surface area contributed by atoms with Crippen LogP contribution in [0.4, 0.5) is 0 Å². The second kappa shape index (κ2) is 11.3. The van der Waals surface area contributed by atoms with Gasteiger partial charge in [0.1, 0.15) is 11.4 Å². The van der Waals surface area contributed by atoms with Crippen molar-refractivity contribution in [2.75, 3.05) is 0 Å². The highest BCUT2D eigenvalue weighted by Crippen LogP contribution is 2.21. The predicted octanol–water partition coefficient (Wildman–Crippen LogP) is 4.33. The summed E-state index contributed by atoms with van der Waals surface area (Å²) in [6.45, 7) is 0. The van der Waals surface area contributed by atoms with E-state index in [0.717, 1.165) is 27.4 Å². The Morgan fingerprint density at radius 3 is 1.89 bits per heavy atom. The molecule has 2 heterocycles. The van der Waals surface area contributed by atoms with Crippen LogP contribution >= 0.6 is 23.2 Å².